The van der Waals surface area contributed by atoms with Gasteiger partial charge in [0.25, 0.3) is 0 Å². The molecule has 0 unspecified atom stereocenters. The lowest BCUT2D eigenvalue weighted by Gasteiger charge is -2.26. The molecule has 1 fully saturated rings. The van der Waals surface area contributed by atoms with Crippen LogP contribution in [0.25, 0.3) is 0 Å². The fourth-order valence-electron chi connectivity index (χ4n) is 2.38. The highest BCUT2D eigenvalue weighted by Gasteiger charge is 2.14. The van der Waals surface area contributed by atoms with Gasteiger partial charge in [0.05, 0.1) is 0 Å². The Bertz CT molecular complexity index is 132. The van der Waals surface area contributed by atoms with Crippen LogP contribution >= 0.6 is 15.9 Å². The molecule has 0 N–H and O–H groups in total. The summed E-state index contributed by atoms with van der Waals surface area (Å²) in [6.07, 6.45) is 10.0. The van der Waals surface area contributed by atoms with Crippen LogP contribution in [-0.4, -0.2) is 30.4 Å². The smallest absolute Gasteiger partial charge is 0.00317 e. The predicted molar refractivity (Wildman–Crippen MR) is 67.1 cm³/mol. The van der Waals surface area contributed by atoms with Gasteiger partial charge in [0, 0.05) is 11.9 Å². The first-order valence-corrected chi connectivity index (χ1v) is 7.19. The van der Waals surface area contributed by atoms with E-state index in [1.165, 1.54) is 58.0 Å². The summed E-state index contributed by atoms with van der Waals surface area (Å²) in [5.41, 5.74) is 0. The molecule has 1 aliphatic carbocycles. The van der Waals surface area contributed by atoms with Crippen LogP contribution in [-0.2, 0) is 0 Å². The molecule has 1 nitrogen and oxygen atoms in total. The van der Waals surface area contributed by atoms with Crippen LogP contribution in [0.4, 0.5) is 0 Å². The monoisotopic (exact) mass is 261 g/mol. The molecule has 0 bridgehead atoms. The molecular formula is C12H24BrN. The molecule has 0 aromatic rings. The number of nitrogens with zero attached hydrogens (tertiary/aromatic N) is 1. The maximum absolute atomic E-state index is 3.48. The number of alkyl halides is 1. The van der Waals surface area contributed by atoms with Crippen molar-refractivity contribution in [3.05, 3.63) is 0 Å². The van der Waals surface area contributed by atoms with Crippen molar-refractivity contribution in [2.75, 3.05) is 25.5 Å². The Morgan fingerprint density at radius 2 is 1.86 bits per heavy atom. The number of hydrogen-bond acceptors (Lipinski definition) is 1. The average molecular weight is 262 g/mol. The summed E-state index contributed by atoms with van der Waals surface area (Å²) in [6.45, 7) is 2.62. The van der Waals surface area contributed by atoms with Crippen molar-refractivity contribution >= 4 is 15.9 Å². The van der Waals surface area contributed by atoms with E-state index in [1.54, 1.807) is 0 Å². The summed E-state index contributed by atoms with van der Waals surface area (Å²) in [5, 5.41) is 1.16. The fraction of sp³-hybridized carbons (Fsp3) is 1.00. The molecule has 84 valence electrons. The second-order valence-corrected chi connectivity index (χ2v) is 5.46. The summed E-state index contributed by atoms with van der Waals surface area (Å²) in [7, 11) is 2.28. The van der Waals surface area contributed by atoms with Gasteiger partial charge in [-0.05, 0) is 45.2 Å². The first-order valence-electron chi connectivity index (χ1n) is 6.07. The first kappa shape index (κ1) is 12.5. The van der Waals surface area contributed by atoms with Gasteiger partial charge < -0.3 is 4.90 Å². The maximum atomic E-state index is 3.48. The highest BCUT2D eigenvalue weighted by Crippen LogP contribution is 2.24. The van der Waals surface area contributed by atoms with E-state index in [4.69, 9.17) is 0 Å². The molecule has 1 rings (SSSR count). The third-order valence-electron chi connectivity index (χ3n) is 3.22. The normalized spacial score (nSPS) is 19.1. The van der Waals surface area contributed by atoms with Gasteiger partial charge in [-0.15, -0.1) is 0 Å². The second kappa shape index (κ2) is 7.70. The van der Waals surface area contributed by atoms with Crippen LogP contribution in [0, 0.1) is 5.92 Å². The van der Waals surface area contributed by atoms with Crippen LogP contribution in [0.5, 0.6) is 0 Å². The standard InChI is InChI=1S/C12H24BrN/c1-14(10-6-5-9-13)11-12-7-3-2-4-8-12/h12H,2-11H2,1H3. The van der Waals surface area contributed by atoms with Gasteiger partial charge in [0.2, 0.25) is 0 Å². The van der Waals surface area contributed by atoms with Gasteiger partial charge in [-0.25, -0.2) is 0 Å². The fourth-order valence-corrected chi connectivity index (χ4v) is 2.77. The van der Waals surface area contributed by atoms with E-state index < -0.39 is 0 Å². The summed E-state index contributed by atoms with van der Waals surface area (Å²) in [4.78, 5) is 2.53. The van der Waals surface area contributed by atoms with Crippen molar-refractivity contribution in [2.45, 2.75) is 44.9 Å². The van der Waals surface area contributed by atoms with Crippen LogP contribution in [0.2, 0.25) is 0 Å². The zero-order chi connectivity index (χ0) is 10.2. The third-order valence-corrected chi connectivity index (χ3v) is 3.78. The molecule has 0 aromatic heterocycles. The minimum Gasteiger partial charge on any atom is -0.306 e. The molecular weight excluding hydrogens is 238 g/mol. The Morgan fingerprint density at radius 3 is 2.50 bits per heavy atom. The molecule has 1 saturated carbocycles. The van der Waals surface area contributed by atoms with E-state index >= 15 is 0 Å². The predicted octanol–water partition coefficient (Wildman–Crippen LogP) is 3.67. The van der Waals surface area contributed by atoms with E-state index in [9.17, 15) is 0 Å². The van der Waals surface area contributed by atoms with Crippen molar-refractivity contribution in [1.82, 2.24) is 4.90 Å². The minimum absolute atomic E-state index is 0.998. The number of rotatable bonds is 6. The molecule has 0 heterocycles. The van der Waals surface area contributed by atoms with Crippen molar-refractivity contribution in [3.8, 4) is 0 Å². The molecule has 0 radical (unpaired) electrons. The molecule has 0 atom stereocenters. The second-order valence-electron chi connectivity index (χ2n) is 4.66. The summed E-state index contributed by atoms with van der Waals surface area (Å²) in [6, 6.07) is 0. The molecule has 14 heavy (non-hydrogen) atoms. The Hall–Kier alpha value is 0.440. The molecule has 0 spiro atoms. The lowest BCUT2D eigenvalue weighted by Crippen LogP contribution is -2.27. The Balaban J connectivity index is 2.03. The van der Waals surface area contributed by atoms with Crippen molar-refractivity contribution in [2.24, 2.45) is 5.92 Å². The van der Waals surface area contributed by atoms with Crippen molar-refractivity contribution in [3.63, 3.8) is 0 Å². The average Bonchev–Trinajstić information content (AvgIpc) is 2.20. The molecule has 0 saturated heterocycles. The van der Waals surface area contributed by atoms with Crippen molar-refractivity contribution < 1.29 is 0 Å². The van der Waals surface area contributed by atoms with Crippen molar-refractivity contribution in [1.29, 1.82) is 0 Å². The zero-order valence-electron chi connectivity index (χ0n) is 9.47. The lowest BCUT2D eigenvalue weighted by molar-refractivity contribution is 0.231. The van der Waals surface area contributed by atoms with Crippen LogP contribution in [0.15, 0.2) is 0 Å². The summed E-state index contributed by atoms with van der Waals surface area (Å²) in [5.74, 6) is 0.998. The van der Waals surface area contributed by atoms with Crippen LogP contribution < -0.4 is 0 Å². The highest BCUT2D eigenvalue weighted by atomic mass is 79.9. The van der Waals surface area contributed by atoms with E-state index in [0.717, 1.165) is 11.2 Å². The summed E-state index contributed by atoms with van der Waals surface area (Å²) >= 11 is 3.48. The quantitative estimate of drug-likeness (QED) is 0.521. The van der Waals surface area contributed by atoms with Gasteiger partial charge in [-0.3, -0.25) is 0 Å². The molecule has 1 aliphatic rings. The van der Waals surface area contributed by atoms with Gasteiger partial charge in [-0.2, -0.15) is 0 Å². The maximum Gasteiger partial charge on any atom is 0.00317 e. The molecule has 0 aliphatic heterocycles. The SMILES string of the molecule is CN(CCCCBr)CC1CCCCC1. The number of hydrogen-bond donors (Lipinski definition) is 0. The van der Waals surface area contributed by atoms with E-state index in [2.05, 4.69) is 27.9 Å². The van der Waals surface area contributed by atoms with Gasteiger partial charge in [-0.1, -0.05) is 35.2 Å². The number of halogens is 1. The molecule has 0 aromatic carbocycles. The zero-order valence-corrected chi connectivity index (χ0v) is 11.1. The van der Waals surface area contributed by atoms with Crippen LogP contribution in [0.1, 0.15) is 44.9 Å². The number of unbranched alkanes of at least 4 members (excludes halogenated alkanes) is 1. The summed E-state index contributed by atoms with van der Waals surface area (Å²) < 4.78 is 0. The Kier molecular flexibility index (Phi) is 6.88. The molecule has 0 amide bonds. The van der Waals surface area contributed by atoms with E-state index in [0.29, 0.717) is 0 Å². The minimum atomic E-state index is 0.998. The van der Waals surface area contributed by atoms with Gasteiger partial charge in [0.15, 0.2) is 0 Å². The van der Waals surface area contributed by atoms with E-state index in [-0.39, 0.29) is 0 Å². The highest BCUT2D eigenvalue weighted by molar-refractivity contribution is 9.09. The lowest BCUT2D eigenvalue weighted by atomic mass is 9.89. The first-order chi connectivity index (χ1) is 6.83. The Morgan fingerprint density at radius 1 is 1.14 bits per heavy atom. The topological polar surface area (TPSA) is 3.24 Å². The van der Waals surface area contributed by atoms with Crippen LogP contribution in [0.3, 0.4) is 0 Å². The van der Waals surface area contributed by atoms with E-state index in [1.807, 2.05) is 0 Å². The Labute approximate surface area is 97.4 Å². The van der Waals surface area contributed by atoms with Gasteiger partial charge >= 0.3 is 0 Å². The molecule has 2 heteroatoms. The van der Waals surface area contributed by atoms with Gasteiger partial charge in [0.1, 0.15) is 0 Å². The third kappa shape index (κ3) is 5.35. The largest absolute Gasteiger partial charge is 0.306 e.